The van der Waals surface area contributed by atoms with Gasteiger partial charge in [0, 0.05) is 11.3 Å². The van der Waals surface area contributed by atoms with Crippen molar-refractivity contribution < 1.29 is 4.74 Å². The Bertz CT molecular complexity index is 829. The van der Waals surface area contributed by atoms with E-state index in [0.717, 1.165) is 34.1 Å². The maximum absolute atomic E-state index is 6.00. The minimum absolute atomic E-state index is 0.849. The van der Waals surface area contributed by atoms with Crippen LogP contribution in [0.1, 0.15) is 5.56 Å². The Labute approximate surface area is 129 Å². The minimum atomic E-state index is 0.849. The van der Waals surface area contributed by atoms with E-state index in [1.54, 1.807) is 0 Å². The molecule has 2 heteroatoms. The van der Waals surface area contributed by atoms with E-state index >= 15 is 0 Å². The summed E-state index contributed by atoms with van der Waals surface area (Å²) in [4.78, 5) is 2.19. The molecule has 2 nitrogen and oxygen atoms in total. The first-order valence-electron chi connectivity index (χ1n) is 7.09. The predicted molar refractivity (Wildman–Crippen MR) is 89.1 cm³/mol. The summed E-state index contributed by atoms with van der Waals surface area (Å²) in [7, 11) is 0. The smallest absolute Gasteiger partial charge is 0.151 e. The first kappa shape index (κ1) is 12.6. The molecule has 0 fully saturated rings. The van der Waals surface area contributed by atoms with Crippen LogP contribution in [0, 0.1) is 12.3 Å². The van der Waals surface area contributed by atoms with Gasteiger partial charge < -0.3 is 9.64 Å². The zero-order valence-corrected chi connectivity index (χ0v) is 11.9. The van der Waals surface area contributed by atoms with Crippen molar-refractivity contribution >= 4 is 17.1 Å². The van der Waals surface area contributed by atoms with Gasteiger partial charge in [-0.15, -0.1) is 6.42 Å². The third kappa shape index (κ3) is 1.92. The van der Waals surface area contributed by atoms with Crippen molar-refractivity contribution in [1.82, 2.24) is 0 Å². The summed E-state index contributed by atoms with van der Waals surface area (Å²) in [6, 6.07) is 24.0. The van der Waals surface area contributed by atoms with Gasteiger partial charge in [0.05, 0.1) is 11.4 Å². The Balaban J connectivity index is 1.92. The van der Waals surface area contributed by atoms with Crippen LogP contribution in [0.4, 0.5) is 17.1 Å². The first-order chi connectivity index (χ1) is 10.9. The van der Waals surface area contributed by atoms with Crippen LogP contribution in [-0.4, -0.2) is 0 Å². The highest BCUT2D eigenvalue weighted by Crippen LogP contribution is 2.49. The van der Waals surface area contributed by atoms with E-state index in [9.17, 15) is 0 Å². The zero-order valence-electron chi connectivity index (χ0n) is 11.9. The fourth-order valence-corrected chi connectivity index (χ4v) is 2.69. The Kier molecular flexibility index (Phi) is 2.84. The summed E-state index contributed by atoms with van der Waals surface area (Å²) in [6.45, 7) is 0. The third-order valence-electron chi connectivity index (χ3n) is 3.72. The van der Waals surface area contributed by atoms with E-state index in [1.165, 1.54) is 0 Å². The van der Waals surface area contributed by atoms with Crippen LogP contribution in [0.2, 0.25) is 0 Å². The molecule has 0 radical (unpaired) electrons. The van der Waals surface area contributed by atoms with Gasteiger partial charge in [-0.2, -0.15) is 0 Å². The topological polar surface area (TPSA) is 12.5 Å². The van der Waals surface area contributed by atoms with Gasteiger partial charge in [-0.05, 0) is 48.5 Å². The number of fused-ring (bicyclic) bond motifs is 2. The van der Waals surface area contributed by atoms with Crippen molar-refractivity contribution in [2.75, 3.05) is 4.90 Å². The zero-order chi connectivity index (χ0) is 14.9. The largest absolute Gasteiger partial charge is 0.453 e. The van der Waals surface area contributed by atoms with Gasteiger partial charge in [0.2, 0.25) is 0 Å². The summed E-state index contributed by atoms with van der Waals surface area (Å²) in [5.74, 6) is 4.35. The Morgan fingerprint density at radius 2 is 1.27 bits per heavy atom. The highest BCUT2D eigenvalue weighted by atomic mass is 16.5. The van der Waals surface area contributed by atoms with E-state index < -0.39 is 0 Å². The highest BCUT2D eigenvalue weighted by Gasteiger charge is 2.24. The quantitative estimate of drug-likeness (QED) is 0.443. The molecule has 0 N–H and O–H groups in total. The number of anilines is 3. The first-order valence-corrected chi connectivity index (χ1v) is 7.09. The van der Waals surface area contributed by atoms with Crippen LogP contribution in [0.15, 0.2) is 72.8 Å². The van der Waals surface area contributed by atoms with Gasteiger partial charge in [-0.1, -0.05) is 30.2 Å². The van der Waals surface area contributed by atoms with Gasteiger partial charge in [0.25, 0.3) is 0 Å². The number of nitrogens with zero attached hydrogens (tertiary/aromatic N) is 1. The fourth-order valence-electron chi connectivity index (χ4n) is 2.69. The molecule has 22 heavy (non-hydrogen) atoms. The second-order valence-electron chi connectivity index (χ2n) is 5.06. The SMILES string of the molecule is C#Cc1ccc(N2c3ccccc3Oc3ccccc32)cc1. The van der Waals surface area contributed by atoms with Crippen LogP contribution in [0.3, 0.4) is 0 Å². The Hall–Kier alpha value is -3.18. The van der Waals surface area contributed by atoms with Crippen LogP contribution in [0.5, 0.6) is 11.5 Å². The summed E-state index contributed by atoms with van der Waals surface area (Å²) >= 11 is 0. The van der Waals surface area contributed by atoms with Gasteiger partial charge in [0.15, 0.2) is 11.5 Å². The Morgan fingerprint density at radius 1 is 0.727 bits per heavy atom. The molecule has 0 bridgehead atoms. The minimum Gasteiger partial charge on any atom is -0.453 e. The van der Waals surface area contributed by atoms with Crippen LogP contribution < -0.4 is 9.64 Å². The standard InChI is InChI=1S/C20H13NO/c1-2-15-11-13-16(14-12-15)21-17-7-3-5-9-19(17)22-20-10-6-4-8-18(20)21/h1,3-14H. The lowest BCUT2D eigenvalue weighted by Gasteiger charge is -2.32. The molecule has 104 valence electrons. The van der Waals surface area contributed by atoms with Crippen LogP contribution >= 0.6 is 0 Å². The molecule has 0 saturated carbocycles. The molecule has 0 spiro atoms. The van der Waals surface area contributed by atoms with Gasteiger partial charge in [-0.3, -0.25) is 0 Å². The van der Waals surface area contributed by atoms with Crippen molar-refractivity contribution in [3.63, 3.8) is 0 Å². The lowest BCUT2D eigenvalue weighted by molar-refractivity contribution is 0.477. The third-order valence-corrected chi connectivity index (χ3v) is 3.72. The molecule has 0 aliphatic carbocycles. The highest BCUT2D eigenvalue weighted by molar-refractivity contribution is 5.86. The second kappa shape index (κ2) is 4.98. The van der Waals surface area contributed by atoms with E-state index in [-0.39, 0.29) is 0 Å². The van der Waals surface area contributed by atoms with Crippen molar-refractivity contribution in [2.45, 2.75) is 0 Å². The average Bonchev–Trinajstić information content (AvgIpc) is 2.60. The van der Waals surface area contributed by atoms with Gasteiger partial charge in [-0.25, -0.2) is 0 Å². The molecule has 3 aromatic carbocycles. The molecule has 0 amide bonds. The normalized spacial score (nSPS) is 11.9. The number of terminal acetylenes is 1. The molecule has 1 aliphatic rings. The van der Waals surface area contributed by atoms with E-state index in [4.69, 9.17) is 11.2 Å². The summed E-state index contributed by atoms with van der Waals surface area (Å²) in [6.07, 6.45) is 5.45. The van der Waals surface area contributed by atoms with Crippen molar-refractivity contribution in [1.29, 1.82) is 0 Å². The number of benzene rings is 3. The number of hydrogen-bond acceptors (Lipinski definition) is 2. The summed E-state index contributed by atoms with van der Waals surface area (Å²) in [5.41, 5.74) is 3.98. The molecule has 0 unspecified atom stereocenters. The molecule has 0 saturated heterocycles. The monoisotopic (exact) mass is 283 g/mol. The number of hydrogen-bond donors (Lipinski definition) is 0. The van der Waals surface area contributed by atoms with E-state index in [2.05, 4.69) is 23.0 Å². The fraction of sp³-hybridized carbons (Fsp3) is 0. The summed E-state index contributed by atoms with van der Waals surface area (Å²) in [5, 5.41) is 0. The lowest BCUT2D eigenvalue weighted by atomic mass is 10.1. The number of para-hydroxylation sites is 4. The van der Waals surface area contributed by atoms with Crippen molar-refractivity contribution in [3.8, 4) is 23.8 Å². The molecule has 4 rings (SSSR count). The molecule has 1 heterocycles. The molecular weight excluding hydrogens is 270 g/mol. The predicted octanol–water partition coefficient (Wildman–Crippen LogP) is 5.24. The van der Waals surface area contributed by atoms with Crippen molar-refractivity contribution in [3.05, 3.63) is 78.4 Å². The van der Waals surface area contributed by atoms with Crippen molar-refractivity contribution in [2.24, 2.45) is 0 Å². The molecule has 1 aliphatic heterocycles. The maximum atomic E-state index is 6.00. The molecule has 3 aromatic rings. The van der Waals surface area contributed by atoms with Gasteiger partial charge >= 0.3 is 0 Å². The molecule has 0 aromatic heterocycles. The molecular formula is C20H13NO. The Morgan fingerprint density at radius 3 is 1.82 bits per heavy atom. The number of rotatable bonds is 1. The average molecular weight is 283 g/mol. The van der Waals surface area contributed by atoms with E-state index in [0.29, 0.717) is 0 Å². The maximum Gasteiger partial charge on any atom is 0.151 e. The van der Waals surface area contributed by atoms with E-state index in [1.807, 2.05) is 60.7 Å². The number of ether oxygens (including phenoxy) is 1. The lowest BCUT2D eigenvalue weighted by Crippen LogP contribution is -2.15. The van der Waals surface area contributed by atoms with Gasteiger partial charge in [0.1, 0.15) is 0 Å². The molecule has 0 atom stereocenters. The summed E-state index contributed by atoms with van der Waals surface area (Å²) < 4.78 is 6.00. The second-order valence-corrected chi connectivity index (χ2v) is 5.06. The van der Waals surface area contributed by atoms with Crippen LogP contribution in [-0.2, 0) is 0 Å². The van der Waals surface area contributed by atoms with Crippen LogP contribution in [0.25, 0.3) is 0 Å².